The van der Waals surface area contributed by atoms with E-state index in [-0.39, 0.29) is 5.60 Å². The number of nitrogens with zero attached hydrogens (tertiary/aromatic N) is 1. The SMILES string of the molecule is C1CN(NC2CCOC3(CCSCC3)C2)CCO1. The molecular formula is C13H24N2O2S. The number of nitrogens with one attached hydrogen (secondary N) is 1. The van der Waals surface area contributed by atoms with Crippen molar-refractivity contribution in [3.8, 4) is 0 Å². The third-order valence-electron chi connectivity index (χ3n) is 4.27. The first-order valence-corrected chi connectivity index (χ1v) is 8.32. The summed E-state index contributed by atoms with van der Waals surface area (Å²) in [5.74, 6) is 2.54. The normalized spacial score (nSPS) is 33.7. The molecule has 3 aliphatic rings. The highest BCUT2D eigenvalue weighted by atomic mass is 32.2. The minimum atomic E-state index is 0.188. The number of hydrazine groups is 1. The lowest BCUT2D eigenvalue weighted by atomic mass is 9.86. The molecule has 3 heterocycles. The van der Waals surface area contributed by atoms with Crippen LogP contribution in [0.5, 0.6) is 0 Å². The third-order valence-corrected chi connectivity index (χ3v) is 5.26. The number of hydrogen-bond donors (Lipinski definition) is 1. The number of rotatable bonds is 2. The summed E-state index contributed by atoms with van der Waals surface area (Å²) in [4.78, 5) is 0. The lowest BCUT2D eigenvalue weighted by molar-refractivity contribution is -0.106. The molecule has 3 fully saturated rings. The van der Waals surface area contributed by atoms with Crippen LogP contribution in [-0.2, 0) is 9.47 Å². The van der Waals surface area contributed by atoms with E-state index in [0.717, 1.165) is 39.3 Å². The third kappa shape index (κ3) is 3.20. The number of thioether (sulfide) groups is 1. The van der Waals surface area contributed by atoms with Crippen molar-refractivity contribution in [2.24, 2.45) is 0 Å². The zero-order chi connectivity index (χ0) is 12.3. The van der Waals surface area contributed by atoms with Gasteiger partial charge in [0.1, 0.15) is 0 Å². The molecule has 1 unspecified atom stereocenters. The molecule has 1 N–H and O–H groups in total. The monoisotopic (exact) mass is 272 g/mol. The van der Waals surface area contributed by atoms with Crippen LogP contribution in [0.15, 0.2) is 0 Å². The maximum Gasteiger partial charge on any atom is 0.0713 e. The topological polar surface area (TPSA) is 33.7 Å². The van der Waals surface area contributed by atoms with Gasteiger partial charge in [0.25, 0.3) is 0 Å². The lowest BCUT2D eigenvalue weighted by Gasteiger charge is -2.45. The Kier molecular flexibility index (Phi) is 4.46. The molecule has 5 heteroatoms. The zero-order valence-electron chi connectivity index (χ0n) is 11.0. The van der Waals surface area contributed by atoms with Gasteiger partial charge in [-0.05, 0) is 37.2 Å². The summed E-state index contributed by atoms with van der Waals surface area (Å²) in [6, 6.07) is 0.597. The van der Waals surface area contributed by atoms with Gasteiger partial charge in [-0.25, -0.2) is 5.01 Å². The minimum absolute atomic E-state index is 0.188. The molecule has 1 atom stereocenters. The first kappa shape index (κ1) is 13.2. The quantitative estimate of drug-likeness (QED) is 0.819. The van der Waals surface area contributed by atoms with Gasteiger partial charge in [-0.2, -0.15) is 11.8 Å². The summed E-state index contributed by atoms with van der Waals surface area (Å²) in [5, 5.41) is 2.34. The van der Waals surface area contributed by atoms with Gasteiger partial charge in [-0.1, -0.05) is 0 Å². The molecule has 1 spiro atoms. The number of hydrogen-bond acceptors (Lipinski definition) is 5. The standard InChI is InChI=1S/C13H24N2O2S/c1-6-17-13(2-9-18-10-3-13)11-12(1)14-15-4-7-16-8-5-15/h12,14H,1-11H2. The second-order valence-corrected chi connectivity index (χ2v) is 6.79. The van der Waals surface area contributed by atoms with E-state index in [1.807, 2.05) is 0 Å². The Labute approximate surface area is 114 Å². The molecule has 0 aromatic rings. The van der Waals surface area contributed by atoms with E-state index in [2.05, 4.69) is 22.2 Å². The Morgan fingerprint density at radius 3 is 2.67 bits per heavy atom. The Hall–Kier alpha value is 0.190. The van der Waals surface area contributed by atoms with Crippen LogP contribution >= 0.6 is 11.8 Å². The van der Waals surface area contributed by atoms with Crippen LogP contribution in [0.25, 0.3) is 0 Å². The average Bonchev–Trinajstić information content (AvgIpc) is 2.41. The fourth-order valence-electron chi connectivity index (χ4n) is 3.18. The summed E-state index contributed by atoms with van der Waals surface area (Å²) in [5.41, 5.74) is 3.88. The summed E-state index contributed by atoms with van der Waals surface area (Å²) in [7, 11) is 0. The van der Waals surface area contributed by atoms with Crippen molar-refractivity contribution in [3.63, 3.8) is 0 Å². The second kappa shape index (κ2) is 6.09. The van der Waals surface area contributed by atoms with E-state index in [0.29, 0.717) is 6.04 Å². The predicted octanol–water partition coefficient (Wildman–Crippen LogP) is 1.27. The molecule has 0 aromatic carbocycles. The molecular weight excluding hydrogens is 248 g/mol. The van der Waals surface area contributed by atoms with E-state index < -0.39 is 0 Å². The fraction of sp³-hybridized carbons (Fsp3) is 1.00. The molecule has 3 saturated heterocycles. The Bertz CT molecular complexity index is 260. The Morgan fingerprint density at radius 2 is 1.89 bits per heavy atom. The predicted molar refractivity (Wildman–Crippen MR) is 73.8 cm³/mol. The van der Waals surface area contributed by atoms with Crippen molar-refractivity contribution in [2.75, 3.05) is 44.4 Å². The second-order valence-electron chi connectivity index (χ2n) is 5.56. The molecule has 104 valence electrons. The van der Waals surface area contributed by atoms with Gasteiger partial charge in [0.05, 0.1) is 18.8 Å². The van der Waals surface area contributed by atoms with Gasteiger partial charge in [0, 0.05) is 25.7 Å². The van der Waals surface area contributed by atoms with Gasteiger partial charge < -0.3 is 9.47 Å². The molecule has 0 bridgehead atoms. The van der Waals surface area contributed by atoms with Gasteiger partial charge >= 0.3 is 0 Å². The molecule has 0 radical (unpaired) electrons. The van der Waals surface area contributed by atoms with Crippen molar-refractivity contribution >= 4 is 11.8 Å². The molecule has 18 heavy (non-hydrogen) atoms. The number of morpholine rings is 1. The molecule has 4 nitrogen and oxygen atoms in total. The lowest BCUT2D eigenvalue weighted by Crippen LogP contribution is -2.55. The van der Waals surface area contributed by atoms with E-state index in [4.69, 9.17) is 9.47 Å². The van der Waals surface area contributed by atoms with Gasteiger partial charge in [0.15, 0.2) is 0 Å². The van der Waals surface area contributed by atoms with Crippen LogP contribution in [0.3, 0.4) is 0 Å². The maximum absolute atomic E-state index is 6.13. The van der Waals surface area contributed by atoms with Gasteiger partial charge in [-0.3, -0.25) is 5.43 Å². The van der Waals surface area contributed by atoms with Crippen molar-refractivity contribution in [3.05, 3.63) is 0 Å². The van der Waals surface area contributed by atoms with E-state index in [9.17, 15) is 0 Å². The average molecular weight is 272 g/mol. The zero-order valence-corrected chi connectivity index (χ0v) is 11.8. The highest BCUT2D eigenvalue weighted by Crippen LogP contribution is 2.37. The van der Waals surface area contributed by atoms with Crippen LogP contribution in [0.2, 0.25) is 0 Å². The Morgan fingerprint density at radius 1 is 1.11 bits per heavy atom. The first-order chi connectivity index (χ1) is 8.86. The summed E-state index contributed by atoms with van der Waals surface area (Å²) in [6.07, 6.45) is 4.80. The smallest absolute Gasteiger partial charge is 0.0713 e. The first-order valence-electron chi connectivity index (χ1n) is 7.17. The molecule has 0 amide bonds. The van der Waals surface area contributed by atoms with Crippen molar-refractivity contribution in [1.82, 2.24) is 10.4 Å². The van der Waals surface area contributed by atoms with Crippen LogP contribution in [-0.4, -0.2) is 61.1 Å². The van der Waals surface area contributed by atoms with Crippen LogP contribution in [0.4, 0.5) is 0 Å². The highest BCUT2D eigenvalue weighted by Gasteiger charge is 2.39. The molecule has 0 aliphatic carbocycles. The Balaban J connectivity index is 1.52. The van der Waals surface area contributed by atoms with Crippen molar-refractivity contribution in [1.29, 1.82) is 0 Å². The summed E-state index contributed by atoms with van der Waals surface area (Å²) >= 11 is 2.07. The fourth-order valence-corrected chi connectivity index (χ4v) is 4.42. The summed E-state index contributed by atoms with van der Waals surface area (Å²) < 4.78 is 11.5. The molecule has 3 rings (SSSR count). The van der Waals surface area contributed by atoms with Crippen molar-refractivity contribution in [2.45, 2.75) is 37.3 Å². The van der Waals surface area contributed by atoms with Crippen molar-refractivity contribution < 1.29 is 9.47 Å². The molecule has 0 saturated carbocycles. The van der Waals surface area contributed by atoms with E-state index in [1.165, 1.54) is 30.8 Å². The molecule has 0 aromatic heterocycles. The maximum atomic E-state index is 6.13. The van der Waals surface area contributed by atoms with Crippen LogP contribution in [0, 0.1) is 0 Å². The molecule has 3 aliphatic heterocycles. The van der Waals surface area contributed by atoms with Crippen LogP contribution < -0.4 is 5.43 Å². The van der Waals surface area contributed by atoms with Crippen LogP contribution in [0.1, 0.15) is 25.7 Å². The van der Waals surface area contributed by atoms with Gasteiger partial charge in [-0.15, -0.1) is 0 Å². The minimum Gasteiger partial charge on any atom is -0.379 e. The summed E-state index contributed by atoms with van der Waals surface area (Å²) in [6.45, 7) is 4.67. The van der Waals surface area contributed by atoms with Gasteiger partial charge in [0.2, 0.25) is 0 Å². The largest absolute Gasteiger partial charge is 0.379 e. The number of ether oxygens (including phenoxy) is 2. The van der Waals surface area contributed by atoms with E-state index >= 15 is 0 Å². The highest BCUT2D eigenvalue weighted by molar-refractivity contribution is 7.99. The van der Waals surface area contributed by atoms with E-state index in [1.54, 1.807) is 0 Å².